The lowest BCUT2D eigenvalue weighted by Gasteiger charge is -2.18. The van der Waals surface area contributed by atoms with Gasteiger partial charge in [-0.2, -0.15) is 4.31 Å². The Labute approximate surface area is 127 Å². The quantitative estimate of drug-likeness (QED) is 0.883. The van der Waals surface area contributed by atoms with Crippen molar-refractivity contribution in [3.05, 3.63) is 33.4 Å². The van der Waals surface area contributed by atoms with Gasteiger partial charge in [0.1, 0.15) is 5.82 Å². The summed E-state index contributed by atoms with van der Waals surface area (Å²) in [5.74, 6) is 0.666. The second-order valence-corrected chi connectivity index (χ2v) is 7.89. The molecule has 2 heterocycles. The molecule has 0 saturated heterocycles. The number of hydrogen-bond acceptors (Lipinski definition) is 4. The molecule has 0 unspecified atom stereocenters. The van der Waals surface area contributed by atoms with Crippen molar-refractivity contribution in [3.8, 4) is 0 Å². The Balaban J connectivity index is 2.25. The van der Waals surface area contributed by atoms with Crippen molar-refractivity contribution in [2.75, 3.05) is 6.54 Å². The second kappa shape index (κ2) is 6.26. The van der Waals surface area contributed by atoms with Crippen molar-refractivity contribution >= 4 is 33.0 Å². The van der Waals surface area contributed by atoms with Gasteiger partial charge in [-0.3, -0.25) is 0 Å². The van der Waals surface area contributed by atoms with Crippen LogP contribution in [0, 0.1) is 0 Å². The molecule has 20 heavy (non-hydrogen) atoms. The van der Waals surface area contributed by atoms with Crippen LogP contribution < -0.4 is 0 Å². The molecule has 0 radical (unpaired) electrons. The average molecular weight is 334 g/mol. The van der Waals surface area contributed by atoms with Gasteiger partial charge in [0.05, 0.1) is 10.5 Å². The third-order valence-corrected chi connectivity index (χ3v) is 5.92. The van der Waals surface area contributed by atoms with E-state index in [0.717, 1.165) is 4.88 Å². The maximum Gasteiger partial charge on any atom is 0.260 e. The Morgan fingerprint density at radius 1 is 1.40 bits per heavy atom. The van der Waals surface area contributed by atoms with E-state index in [2.05, 4.69) is 9.97 Å². The molecule has 2 aromatic rings. The predicted octanol–water partition coefficient (Wildman–Crippen LogP) is 2.90. The number of H-pyrrole nitrogens is 1. The van der Waals surface area contributed by atoms with E-state index >= 15 is 0 Å². The highest BCUT2D eigenvalue weighted by atomic mass is 35.5. The molecule has 2 aromatic heterocycles. The van der Waals surface area contributed by atoms with Gasteiger partial charge in [0.2, 0.25) is 0 Å². The molecule has 0 saturated carbocycles. The number of aryl methyl sites for hydroxylation is 1. The maximum atomic E-state index is 12.5. The highest BCUT2D eigenvalue weighted by Gasteiger charge is 2.25. The van der Waals surface area contributed by atoms with E-state index in [1.165, 1.54) is 21.8 Å². The Bertz CT molecular complexity index is 678. The van der Waals surface area contributed by atoms with Crippen LogP contribution in [0.3, 0.4) is 0 Å². The zero-order valence-corrected chi connectivity index (χ0v) is 13.6. The van der Waals surface area contributed by atoms with E-state index in [0.29, 0.717) is 29.7 Å². The topological polar surface area (TPSA) is 66.1 Å². The third kappa shape index (κ3) is 3.22. The van der Waals surface area contributed by atoms with Crippen molar-refractivity contribution in [2.24, 2.45) is 0 Å². The summed E-state index contributed by atoms with van der Waals surface area (Å²) < 4.78 is 27.1. The van der Waals surface area contributed by atoms with E-state index in [-0.39, 0.29) is 5.03 Å². The van der Waals surface area contributed by atoms with Gasteiger partial charge in [0, 0.05) is 24.4 Å². The number of aromatic nitrogens is 2. The zero-order valence-electron chi connectivity index (χ0n) is 11.3. The fourth-order valence-corrected chi connectivity index (χ4v) is 4.32. The fourth-order valence-electron chi connectivity index (χ4n) is 1.77. The molecule has 2 rings (SSSR count). The van der Waals surface area contributed by atoms with Gasteiger partial charge in [-0.05, 0) is 12.1 Å². The van der Waals surface area contributed by atoms with Crippen LogP contribution in [-0.2, 0) is 23.0 Å². The summed E-state index contributed by atoms with van der Waals surface area (Å²) in [6.07, 6.45) is 2.04. The summed E-state index contributed by atoms with van der Waals surface area (Å²) >= 11 is 7.26. The minimum absolute atomic E-state index is 0.138. The lowest BCUT2D eigenvalue weighted by atomic mass is 10.4. The highest BCUT2D eigenvalue weighted by molar-refractivity contribution is 7.89. The summed E-state index contributed by atoms with van der Waals surface area (Å²) in [6.45, 7) is 4.43. The Morgan fingerprint density at radius 2 is 2.15 bits per heavy atom. The molecule has 8 heteroatoms. The van der Waals surface area contributed by atoms with Gasteiger partial charge < -0.3 is 4.98 Å². The van der Waals surface area contributed by atoms with Crippen LogP contribution in [0.15, 0.2) is 23.4 Å². The molecule has 0 atom stereocenters. The molecule has 0 aliphatic heterocycles. The number of sulfonamides is 1. The summed E-state index contributed by atoms with van der Waals surface area (Å²) in [4.78, 5) is 7.81. The normalized spacial score (nSPS) is 12.2. The molecule has 0 aliphatic carbocycles. The van der Waals surface area contributed by atoms with Crippen LogP contribution >= 0.6 is 22.9 Å². The highest BCUT2D eigenvalue weighted by Crippen LogP contribution is 2.24. The number of rotatable bonds is 6. The van der Waals surface area contributed by atoms with E-state index in [1.54, 1.807) is 6.07 Å². The second-order valence-electron chi connectivity index (χ2n) is 4.18. The Kier molecular flexibility index (Phi) is 4.85. The molecule has 5 nitrogen and oxygen atoms in total. The monoisotopic (exact) mass is 333 g/mol. The number of thiophene rings is 1. The minimum Gasteiger partial charge on any atom is -0.332 e. The van der Waals surface area contributed by atoms with Crippen molar-refractivity contribution < 1.29 is 8.42 Å². The van der Waals surface area contributed by atoms with E-state index in [9.17, 15) is 8.42 Å². The molecule has 0 fully saturated rings. The predicted molar refractivity (Wildman–Crippen MR) is 80.6 cm³/mol. The summed E-state index contributed by atoms with van der Waals surface area (Å²) in [7, 11) is -3.55. The van der Waals surface area contributed by atoms with E-state index < -0.39 is 10.0 Å². The van der Waals surface area contributed by atoms with Gasteiger partial charge in [-0.25, -0.2) is 13.4 Å². The maximum absolute atomic E-state index is 12.5. The first kappa shape index (κ1) is 15.5. The molecule has 110 valence electrons. The standard InChI is InChI=1S/C12H16ClN3O2S2/c1-3-11-14-7-12(15-11)20(17,18)16(4-2)8-9-5-6-10(13)19-9/h5-7H,3-4,8H2,1-2H3,(H,14,15). The molecule has 0 aliphatic rings. The lowest BCUT2D eigenvalue weighted by molar-refractivity contribution is 0.424. The van der Waals surface area contributed by atoms with Crippen LogP contribution in [0.25, 0.3) is 0 Å². The molecule has 0 amide bonds. The number of nitrogens with zero attached hydrogens (tertiary/aromatic N) is 2. The van der Waals surface area contributed by atoms with Crippen LogP contribution in [0.5, 0.6) is 0 Å². The van der Waals surface area contributed by atoms with Gasteiger partial charge >= 0.3 is 0 Å². The smallest absolute Gasteiger partial charge is 0.260 e. The van der Waals surface area contributed by atoms with Crippen LogP contribution in [0.2, 0.25) is 4.34 Å². The van der Waals surface area contributed by atoms with Gasteiger partial charge in [0.15, 0.2) is 5.03 Å². The number of hydrogen-bond donors (Lipinski definition) is 1. The van der Waals surface area contributed by atoms with Crippen LogP contribution in [0.1, 0.15) is 24.5 Å². The van der Waals surface area contributed by atoms with Crippen molar-refractivity contribution in [2.45, 2.75) is 31.8 Å². The molecular formula is C12H16ClN3O2S2. The SMILES string of the molecule is CCc1ncc(S(=O)(=O)N(CC)Cc2ccc(Cl)s2)[nH]1. The van der Waals surface area contributed by atoms with Crippen molar-refractivity contribution in [1.82, 2.24) is 14.3 Å². The third-order valence-electron chi connectivity index (χ3n) is 2.87. The molecule has 0 bridgehead atoms. The van der Waals surface area contributed by atoms with Crippen molar-refractivity contribution in [1.29, 1.82) is 0 Å². The Morgan fingerprint density at radius 3 is 2.65 bits per heavy atom. The van der Waals surface area contributed by atoms with Crippen molar-refractivity contribution in [3.63, 3.8) is 0 Å². The largest absolute Gasteiger partial charge is 0.332 e. The molecule has 0 spiro atoms. The Hall–Kier alpha value is -0.890. The number of aromatic amines is 1. The number of halogens is 1. The summed E-state index contributed by atoms with van der Waals surface area (Å²) in [5.41, 5.74) is 0. The fraction of sp³-hybridized carbons (Fsp3) is 0.417. The first-order chi connectivity index (χ1) is 9.47. The van der Waals surface area contributed by atoms with Gasteiger partial charge in [-0.1, -0.05) is 25.4 Å². The summed E-state index contributed by atoms with van der Waals surface area (Å²) in [5, 5.41) is 0.138. The first-order valence-corrected chi connectivity index (χ1v) is 8.89. The first-order valence-electron chi connectivity index (χ1n) is 6.25. The number of imidazole rings is 1. The average Bonchev–Trinajstić information content (AvgIpc) is 3.04. The lowest BCUT2D eigenvalue weighted by Crippen LogP contribution is -2.30. The summed E-state index contributed by atoms with van der Waals surface area (Å²) in [6, 6.07) is 3.61. The van der Waals surface area contributed by atoms with E-state index in [4.69, 9.17) is 11.6 Å². The van der Waals surface area contributed by atoms with Crippen LogP contribution in [0.4, 0.5) is 0 Å². The molecule has 0 aromatic carbocycles. The molecular weight excluding hydrogens is 318 g/mol. The van der Waals surface area contributed by atoms with Gasteiger partial charge in [-0.15, -0.1) is 11.3 Å². The van der Waals surface area contributed by atoms with Crippen LogP contribution in [-0.4, -0.2) is 29.2 Å². The number of nitrogens with one attached hydrogen (secondary N) is 1. The minimum atomic E-state index is -3.55. The van der Waals surface area contributed by atoms with E-state index in [1.807, 2.05) is 19.9 Å². The van der Waals surface area contributed by atoms with Gasteiger partial charge in [0.25, 0.3) is 10.0 Å². The molecule has 1 N–H and O–H groups in total. The zero-order chi connectivity index (χ0) is 14.8.